The Hall–Kier alpha value is -3.24. The van der Waals surface area contributed by atoms with Crippen LogP contribution in [-0.2, 0) is 16.8 Å². The van der Waals surface area contributed by atoms with E-state index in [-0.39, 0.29) is 10.6 Å². The predicted molar refractivity (Wildman–Crippen MR) is 136 cm³/mol. The first-order chi connectivity index (χ1) is 16.7. The molecule has 3 aromatic carbocycles. The lowest BCUT2D eigenvalue weighted by Crippen LogP contribution is -2.32. The highest BCUT2D eigenvalue weighted by atomic mass is 16.6. The molecule has 4 nitrogen and oxygen atoms in total. The minimum absolute atomic E-state index is 0.159. The molecule has 1 fully saturated rings. The zero-order valence-electron chi connectivity index (χ0n) is 19.4. The molecule has 3 aromatic rings. The van der Waals surface area contributed by atoms with E-state index in [0.717, 1.165) is 73.3 Å². The second kappa shape index (κ2) is 8.52. The van der Waals surface area contributed by atoms with Gasteiger partial charge in [0.25, 0.3) is 5.69 Å². The number of hydrogen-bond donors (Lipinski definition) is 0. The van der Waals surface area contributed by atoms with E-state index in [1.54, 1.807) is 6.07 Å². The van der Waals surface area contributed by atoms with Crippen LogP contribution in [0.5, 0.6) is 0 Å². The normalized spacial score (nSPS) is 22.2. The molecule has 1 atom stereocenters. The highest BCUT2D eigenvalue weighted by molar-refractivity contribution is 5.98. The van der Waals surface area contributed by atoms with E-state index in [0.29, 0.717) is 6.61 Å². The average Bonchev–Trinajstić information content (AvgIpc) is 3.15. The molecule has 0 amide bonds. The number of nitro groups is 1. The van der Waals surface area contributed by atoms with Gasteiger partial charge in [0.15, 0.2) is 0 Å². The summed E-state index contributed by atoms with van der Waals surface area (Å²) >= 11 is 0. The summed E-state index contributed by atoms with van der Waals surface area (Å²) in [5, 5.41) is 14.5. The van der Waals surface area contributed by atoms with Crippen LogP contribution in [0.2, 0.25) is 0 Å². The number of hydrogen-bond acceptors (Lipinski definition) is 3. The maximum atomic E-state index is 12.4. The van der Waals surface area contributed by atoms with Gasteiger partial charge in [-0.15, -0.1) is 0 Å². The summed E-state index contributed by atoms with van der Waals surface area (Å²) in [7, 11) is 0. The first-order valence-electron chi connectivity index (χ1n) is 12.5. The number of nitro benzene ring substituents is 1. The van der Waals surface area contributed by atoms with Crippen molar-refractivity contribution in [2.75, 3.05) is 6.61 Å². The van der Waals surface area contributed by atoms with Crippen molar-refractivity contribution in [3.8, 4) is 0 Å². The van der Waals surface area contributed by atoms with E-state index >= 15 is 0 Å². The van der Waals surface area contributed by atoms with Crippen molar-refractivity contribution in [1.82, 2.24) is 0 Å². The Labute approximate surface area is 200 Å². The van der Waals surface area contributed by atoms with Crippen molar-refractivity contribution in [3.05, 3.63) is 105 Å². The Bertz CT molecular complexity index is 1330. The molecule has 1 saturated heterocycles. The Morgan fingerprint density at radius 1 is 0.853 bits per heavy atom. The van der Waals surface area contributed by atoms with Crippen LogP contribution in [0, 0.1) is 10.1 Å². The SMILES string of the molecule is O=[N+]([O-])c1ccc2c3c(ccc2c1C1(c2ccccc2)CCCCCO1)C1=CCCC=C1CC3. The summed E-state index contributed by atoms with van der Waals surface area (Å²) in [5.74, 6) is 0. The summed E-state index contributed by atoms with van der Waals surface area (Å²) in [6, 6.07) is 18.2. The molecule has 4 heteroatoms. The third-order valence-corrected chi connectivity index (χ3v) is 7.84. The smallest absolute Gasteiger partial charge is 0.276 e. The zero-order chi connectivity index (χ0) is 23.1. The van der Waals surface area contributed by atoms with E-state index < -0.39 is 5.60 Å². The summed E-state index contributed by atoms with van der Waals surface area (Å²) in [5.41, 5.74) is 6.49. The number of ether oxygens (including phenoxy) is 1. The zero-order valence-corrected chi connectivity index (χ0v) is 19.4. The molecule has 1 heterocycles. The van der Waals surface area contributed by atoms with Crippen molar-refractivity contribution in [3.63, 3.8) is 0 Å². The van der Waals surface area contributed by atoms with Crippen LogP contribution in [0.4, 0.5) is 5.69 Å². The lowest BCUT2D eigenvalue weighted by atomic mass is 9.75. The molecule has 0 bridgehead atoms. The molecule has 34 heavy (non-hydrogen) atoms. The van der Waals surface area contributed by atoms with Crippen LogP contribution in [-0.4, -0.2) is 11.5 Å². The number of allylic oxidation sites excluding steroid dienone is 4. The van der Waals surface area contributed by atoms with Crippen molar-refractivity contribution in [1.29, 1.82) is 0 Å². The fourth-order valence-electron chi connectivity index (χ4n) is 6.31. The topological polar surface area (TPSA) is 52.4 Å². The standard InChI is InChI=1S/C30H29NO3/c32-31(33)28-18-17-26-25-14-13-21-9-5-6-12-23(21)24(25)15-16-27(26)29(28)30(19-7-2-8-20-34-30)22-10-3-1-4-11-22/h1,3-4,9-12,15-18H,2,5-8,13-14,19-20H2. The third kappa shape index (κ3) is 3.32. The van der Waals surface area contributed by atoms with Gasteiger partial charge in [0.1, 0.15) is 5.60 Å². The maximum absolute atomic E-state index is 12.4. The third-order valence-electron chi connectivity index (χ3n) is 7.84. The van der Waals surface area contributed by atoms with Gasteiger partial charge in [-0.25, -0.2) is 0 Å². The van der Waals surface area contributed by atoms with Crippen molar-refractivity contribution in [2.45, 2.75) is 57.0 Å². The summed E-state index contributed by atoms with van der Waals surface area (Å²) in [6.45, 7) is 0.606. The fraction of sp³-hybridized carbons (Fsp3) is 0.333. The molecule has 1 unspecified atom stereocenters. The first kappa shape index (κ1) is 21.3. The van der Waals surface area contributed by atoms with Crippen molar-refractivity contribution >= 4 is 22.0 Å². The lowest BCUT2D eigenvalue weighted by Gasteiger charge is -2.35. The van der Waals surface area contributed by atoms with Crippen LogP contribution in [0.15, 0.2) is 72.3 Å². The summed E-state index contributed by atoms with van der Waals surface area (Å²) in [4.78, 5) is 12.2. The van der Waals surface area contributed by atoms with Crippen LogP contribution in [0.1, 0.15) is 67.2 Å². The Morgan fingerprint density at radius 3 is 2.53 bits per heavy atom. The molecule has 0 radical (unpaired) electrons. The number of aryl methyl sites for hydroxylation is 1. The van der Waals surface area contributed by atoms with Crippen LogP contribution in [0.25, 0.3) is 16.3 Å². The largest absolute Gasteiger partial charge is 0.365 e. The fourth-order valence-corrected chi connectivity index (χ4v) is 6.31. The highest BCUT2D eigenvalue weighted by Gasteiger charge is 2.43. The second-order valence-corrected chi connectivity index (χ2v) is 9.68. The molecule has 6 rings (SSSR count). The monoisotopic (exact) mass is 451 g/mol. The lowest BCUT2D eigenvalue weighted by molar-refractivity contribution is -0.386. The molecule has 1 aliphatic heterocycles. The highest BCUT2D eigenvalue weighted by Crippen LogP contribution is 2.49. The first-order valence-corrected chi connectivity index (χ1v) is 12.5. The summed E-state index contributed by atoms with van der Waals surface area (Å²) in [6.07, 6.45) is 12.7. The Kier molecular flexibility index (Phi) is 5.34. The van der Waals surface area contributed by atoms with Crippen LogP contribution < -0.4 is 0 Å². The number of fused-ring (bicyclic) bond motifs is 5. The van der Waals surface area contributed by atoms with Gasteiger partial charge in [-0.2, -0.15) is 0 Å². The molecule has 0 N–H and O–H groups in total. The Balaban J connectivity index is 1.66. The minimum Gasteiger partial charge on any atom is -0.365 e. The van der Waals surface area contributed by atoms with Gasteiger partial charge in [0.05, 0.1) is 10.5 Å². The van der Waals surface area contributed by atoms with Gasteiger partial charge in [-0.05, 0) is 89.6 Å². The Morgan fingerprint density at radius 2 is 1.68 bits per heavy atom. The van der Waals surface area contributed by atoms with E-state index in [4.69, 9.17) is 4.74 Å². The molecule has 3 aliphatic rings. The molecular weight excluding hydrogens is 422 g/mol. The molecule has 2 aliphatic carbocycles. The van der Waals surface area contributed by atoms with E-state index in [9.17, 15) is 10.1 Å². The minimum atomic E-state index is -0.822. The van der Waals surface area contributed by atoms with Gasteiger partial charge in [-0.3, -0.25) is 10.1 Å². The molecule has 0 aromatic heterocycles. The van der Waals surface area contributed by atoms with E-state index in [1.165, 1.54) is 22.3 Å². The number of rotatable bonds is 3. The van der Waals surface area contributed by atoms with E-state index in [1.807, 2.05) is 24.3 Å². The van der Waals surface area contributed by atoms with E-state index in [2.05, 4.69) is 36.4 Å². The van der Waals surface area contributed by atoms with Crippen LogP contribution in [0.3, 0.4) is 0 Å². The van der Waals surface area contributed by atoms with Crippen molar-refractivity contribution in [2.24, 2.45) is 0 Å². The van der Waals surface area contributed by atoms with Gasteiger partial charge in [0.2, 0.25) is 0 Å². The molecular formula is C30H29NO3. The van der Waals surface area contributed by atoms with Gasteiger partial charge >= 0.3 is 0 Å². The second-order valence-electron chi connectivity index (χ2n) is 9.68. The molecule has 0 spiro atoms. The molecule has 0 saturated carbocycles. The van der Waals surface area contributed by atoms with Gasteiger partial charge in [0, 0.05) is 12.7 Å². The predicted octanol–water partition coefficient (Wildman–Crippen LogP) is 7.63. The van der Waals surface area contributed by atoms with Crippen molar-refractivity contribution < 1.29 is 9.66 Å². The quantitative estimate of drug-likeness (QED) is 0.304. The van der Waals surface area contributed by atoms with Gasteiger partial charge < -0.3 is 4.74 Å². The van der Waals surface area contributed by atoms with Gasteiger partial charge in [-0.1, -0.05) is 61.0 Å². The average molecular weight is 452 g/mol. The van der Waals surface area contributed by atoms with Crippen LogP contribution >= 0.6 is 0 Å². The molecule has 172 valence electrons. The summed E-state index contributed by atoms with van der Waals surface area (Å²) < 4.78 is 6.67. The number of benzene rings is 3. The number of nitrogens with zero attached hydrogens (tertiary/aromatic N) is 1. The maximum Gasteiger partial charge on any atom is 0.276 e.